The lowest BCUT2D eigenvalue weighted by Gasteiger charge is -2.33. The zero-order valence-corrected chi connectivity index (χ0v) is 53.2. The largest absolute Gasteiger partial charge is 0.492 e. The van der Waals surface area contributed by atoms with Crippen LogP contribution >= 0.6 is 22.9 Å². The summed E-state index contributed by atoms with van der Waals surface area (Å²) in [4.78, 5) is 129. The number of hydrogen-bond acceptors (Lipinski definition) is 14. The molecule has 23 nitrogen and oxygen atoms in total. The molecule has 3 aromatic carbocycles. The Bertz CT molecular complexity index is 3430. The van der Waals surface area contributed by atoms with Gasteiger partial charge >= 0.3 is 18.2 Å². The standard InChI is InChI=1S/C64H82ClN11O12S/c1-39(2)56(71-51(77)15-9-8-10-27-75-52(78)22-23-53(75)79)59(81)70-47(14-13-24-67-61(66)83)58(80)68-44-18-16-41(17-19-44)35-87-62(84)72(6)37-64(4,5)38-73(7)63(85)88-50-32-49-55(54-40(3)36-89-57(50)54)43(33-65)34-76(49)60(82)48-31-42-30-45(20-21-46(42)69-48)86-29-28-74-25-11-12-26-74/h16-23,30-32,36,39,43,47,56,69H,8-15,24-29,33-35,37-38H2,1-7H3,(H,68,80)(H,70,81)(H,71,77)(H3,66,67,83). The van der Waals surface area contributed by atoms with Crippen molar-refractivity contribution in [3.8, 4) is 11.5 Å². The van der Waals surface area contributed by atoms with Crippen molar-refractivity contribution in [2.75, 3.05) is 89.2 Å². The second-order valence-corrected chi connectivity index (χ2v) is 25.5. The average Bonchev–Trinajstić information content (AvgIpc) is 1.61. The molecule has 5 aromatic rings. The summed E-state index contributed by atoms with van der Waals surface area (Å²) in [6.45, 7) is 14.0. The molecule has 2 aromatic heterocycles. The van der Waals surface area contributed by atoms with Gasteiger partial charge in [0.2, 0.25) is 17.7 Å². The topological polar surface area (TPSA) is 287 Å². The maximum Gasteiger partial charge on any atom is 0.415 e. The first-order chi connectivity index (χ1) is 42.5. The van der Waals surface area contributed by atoms with E-state index >= 15 is 0 Å². The summed E-state index contributed by atoms with van der Waals surface area (Å²) in [5.41, 5.74) is 9.34. The number of halogens is 1. The van der Waals surface area contributed by atoms with Crippen LogP contribution in [-0.4, -0.2) is 169 Å². The summed E-state index contributed by atoms with van der Waals surface area (Å²) in [6.07, 6.45) is 5.71. The van der Waals surface area contributed by atoms with Gasteiger partial charge in [0.05, 0.1) is 10.4 Å². The molecule has 89 heavy (non-hydrogen) atoms. The van der Waals surface area contributed by atoms with E-state index < -0.39 is 47.5 Å². The minimum Gasteiger partial charge on any atom is -0.492 e. The molecule has 25 heteroatoms. The van der Waals surface area contributed by atoms with Crippen LogP contribution in [0.25, 0.3) is 21.0 Å². The van der Waals surface area contributed by atoms with Crippen molar-refractivity contribution >= 4 is 109 Å². The average molecular weight is 1260 g/mol. The van der Waals surface area contributed by atoms with Crippen molar-refractivity contribution in [1.29, 1.82) is 0 Å². The van der Waals surface area contributed by atoms with Gasteiger partial charge in [0.25, 0.3) is 17.7 Å². The van der Waals surface area contributed by atoms with Crippen LogP contribution in [0.2, 0.25) is 0 Å². The molecule has 0 saturated carbocycles. The van der Waals surface area contributed by atoms with Gasteiger partial charge in [0, 0.05) is 117 Å². The third-order valence-electron chi connectivity index (χ3n) is 16.0. The summed E-state index contributed by atoms with van der Waals surface area (Å²) in [6, 6.07) is 13.2. The lowest BCUT2D eigenvalue weighted by molar-refractivity contribution is -0.137. The Morgan fingerprint density at radius 2 is 1.57 bits per heavy atom. The van der Waals surface area contributed by atoms with Crippen LogP contribution in [-0.2, 0) is 35.3 Å². The van der Waals surface area contributed by atoms with Crippen molar-refractivity contribution in [3.05, 3.63) is 94.5 Å². The number of carbonyl (C=O) groups excluding carboxylic acids is 9. The molecule has 0 bridgehead atoms. The molecule has 1 saturated heterocycles. The summed E-state index contributed by atoms with van der Waals surface area (Å²) < 4.78 is 18.7. The molecule has 3 aliphatic heterocycles. The number of thiophene rings is 1. The van der Waals surface area contributed by atoms with Gasteiger partial charge in [-0.05, 0) is 123 Å². The van der Waals surface area contributed by atoms with Gasteiger partial charge < -0.3 is 60.9 Å². The normalized spacial score (nSPS) is 15.5. The van der Waals surface area contributed by atoms with E-state index in [0.717, 1.165) is 62.4 Å². The fourth-order valence-corrected chi connectivity index (χ4v) is 12.8. The molecular weight excluding hydrogens is 1180 g/mol. The SMILES string of the molecule is Cc1csc2c(OC(=O)N(C)CC(C)(C)CN(C)C(=O)OCc3ccc(NC(=O)C(CCCNC(N)=O)NC(=O)C(NC(=O)CCCCCN4C(=O)C=CC4=O)C(C)C)cc3)cc3c(c12)C(CCl)CN3C(=O)c1cc2cc(OCCN3CCCC3)ccc2[nH]1. The number of aromatic nitrogens is 1. The molecule has 0 aliphatic carbocycles. The van der Waals surface area contributed by atoms with Gasteiger partial charge in [-0.25, -0.2) is 14.4 Å². The van der Waals surface area contributed by atoms with E-state index in [4.69, 9.17) is 31.5 Å². The van der Waals surface area contributed by atoms with Gasteiger partial charge in [0.1, 0.15) is 36.7 Å². The van der Waals surface area contributed by atoms with E-state index in [1.54, 1.807) is 63.2 Å². The summed E-state index contributed by atoms with van der Waals surface area (Å²) in [5, 5.41) is 14.6. The third-order valence-corrected chi connectivity index (χ3v) is 17.5. The number of aromatic amines is 1. The Hall–Kier alpha value is -8.22. The lowest BCUT2D eigenvalue weighted by Crippen LogP contribution is -2.54. The number of likely N-dealkylation sites (tertiary alicyclic amines) is 1. The number of nitrogens with one attached hydrogen (secondary N) is 5. The molecule has 7 N–H and O–H groups in total. The highest BCUT2D eigenvalue weighted by molar-refractivity contribution is 7.17. The van der Waals surface area contributed by atoms with Gasteiger partial charge in [-0.3, -0.25) is 38.6 Å². The van der Waals surface area contributed by atoms with E-state index in [1.165, 1.54) is 46.1 Å². The van der Waals surface area contributed by atoms with Crippen molar-refractivity contribution in [2.24, 2.45) is 17.1 Å². The molecule has 3 atom stereocenters. The van der Waals surface area contributed by atoms with Gasteiger partial charge in [-0.2, -0.15) is 0 Å². The number of nitrogens with two attached hydrogens (primary N) is 1. The maximum absolute atomic E-state index is 14.5. The molecule has 478 valence electrons. The molecular formula is C64H82ClN11O12S. The zero-order chi connectivity index (χ0) is 64.1. The molecule has 3 unspecified atom stereocenters. The Balaban J connectivity index is 0.819. The summed E-state index contributed by atoms with van der Waals surface area (Å²) in [5.74, 6) is -1.65. The van der Waals surface area contributed by atoms with Crippen molar-refractivity contribution in [1.82, 2.24) is 40.5 Å². The molecule has 5 heterocycles. The second kappa shape index (κ2) is 30.3. The number of alkyl halides is 1. The zero-order valence-electron chi connectivity index (χ0n) is 51.7. The highest BCUT2D eigenvalue weighted by atomic mass is 35.5. The first-order valence-electron chi connectivity index (χ1n) is 30.3. The minimum absolute atomic E-state index is 0.0977. The van der Waals surface area contributed by atoms with Gasteiger partial charge in [0.15, 0.2) is 5.75 Å². The highest BCUT2D eigenvalue weighted by Crippen LogP contribution is 2.49. The number of primary amides is 1. The number of unbranched alkanes of at least 4 members (excludes halogenated alkanes) is 2. The minimum atomic E-state index is -1.07. The van der Waals surface area contributed by atoms with Crippen LogP contribution in [0.1, 0.15) is 112 Å². The van der Waals surface area contributed by atoms with Crippen molar-refractivity contribution in [3.63, 3.8) is 0 Å². The van der Waals surface area contributed by atoms with Crippen LogP contribution < -0.4 is 41.4 Å². The number of aryl methyl sites for hydroxylation is 1. The number of fused-ring (bicyclic) bond motifs is 4. The second-order valence-electron chi connectivity index (χ2n) is 24.3. The number of carbonyl (C=O) groups is 9. The number of amides is 10. The Morgan fingerprint density at radius 3 is 2.26 bits per heavy atom. The first-order valence-corrected chi connectivity index (χ1v) is 31.7. The van der Waals surface area contributed by atoms with E-state index in [-0.39, 0.29) is 93.4 Å². The predicted molar refractivity (Wildman–Crippen MR) is 341 cm³/mol. The van der Waals surface area contributed by atoms with E-state index in [9.17, 15) is 43.2 Å². The number of anilines is 2. The quantitative estimate of drug-likeness (QED) is 0.0149. The molecule has 3 aliphatic rings. The van der Waals surface area contributed by atoms with Crippen molar-refractivity contribution in [2.45, 2.75) is 111 Å². The Kier molecular flexibility index (Phi) is 22.7. The Morgan fingerprint density at radius 1 is 0.865 bits per heavy atom. The lowest BCUT2D eigenvalue weighted by atomic mass is 9.92. The van der Waals surface area contributed by atoms with E-state index in [0.29, 0.717) is 60.8 Å². The monoisotopic (exact) mass is 1260 g/mol. The number of H-pyrrole nitrogens is 1. The Labute approximate surface area is 527 Å². The van der Waals surface area contributed by atoms with Crippen LogP contribution in [0.3, 0.4) is 0 Å². The number of benzene rings is 3. The van der Waals surface area contributed by atoms with Crippen LogP contribution in [0.5, 0.6) is 11.5 Å². The first kappa shape index (κ1) is 66.7. The van der Waals surface area contributed by atoms with Crippen LogP contribution in [0.15, 0.2) is 72.1 Å². The molecule has 10 amide bonds. The van der Waals surface area contributed by atoms with Gasteiger partial charge in [-0.1, -0.05) is 46.2 Å². The molecule has 0 spiro atoms. The molecule has 0 radical (unpaired) electrons. The van der Waals surface area contributed by atoms with Gasteiger partial charge in [-0.15, -0.1) is 22.9 Å². The van der Waals surface area contributed by atoms with Crippen LogP contribution in [0, 0.1) is 18.3 Å². The number of hydrogen-bond donors (Lipinski definition) is 6. The van der Waals surface area contributed by atoms with E-state index in [2.05, 4.69) is 31.2 Å². The number of urea groups is 1. The highest BCUT2D eigenvalue weighted by Gasteiger charge is 2.38. The summed E-state index contributed by atoms with van der Waals surface area (Å²) >= 11 is 8.09. The molecule has 8 rings (SSSR count). The fourth-order valence-electron chi connectivity index (χ4n) is 11.6. The number of nitrogens with zero attached hydrogens (tertiary/aromatic N) is 5. The smallest absolute Gasteiger partial charge is 0.415 e. The van der Waals surface area contributed by atoms with E-state index in [1.807, 2.05) is 50.4 Å². The maximum atomic E-state index is 14.5. The predicted octanol–water partition coefficient (Wildman–Crippen LogP) is 8.37. The van der Waals surface area contributed by atoms with Crippen LogP contribution in [0.4, 0.5) is 25.8 Å². The summed E-state index contributed by atoms with van der Waals surface area (Å²) in [7, 11) is 3.23. The number of imide groups is 1. The number of ether oxygens (including phenoxy) is 3. The number of rotatable bonds is 29. The molecule has 1 fully saturated rings. The third kappa shape index (κ3) is 17.6. The van der Waals surface area contributed by atoms with Crippen molar-refractivity contribution < 1.29 is 57.4 Å². The fraction of sp³-hybridized carbons (Fsp3) is 0.484.